The molecule has 128 valence electrons. The minimum atomic E-state index is -4.68. The molecule has 0 aliphatic heterocycles. The molecule has 2 N–H and O–H groups in total. The third-order valence-corrected chi connectivity index (χ3v) is 4.04. The lowest BCUT2D eigenvalue weighted by molar-refractivity contribution is -0.137. The van der Waals surface area contributed by atoms with Crippen LogP contribution in [0.1, 0.15) is 11.1 Å². The highest BCUT2D eigenvalue weighted by atomic mass is 35.5. The van der Waals surface area contributed by atoms with Gasteiger partial charge in [-0.3, -0.25) is 4.57 Å². The van der Waals surface area contributed by atoms with E-state index in [9.17, 15) is 26.3 Å². The van der Waals surface area contributed by atoms with Gasteiger partial charge < -0.3 is 5.73 Å². The van der Waals surface area contributed by atoms with Crippen LogP contribution in [0.4, 0.5) is 32.2 Å². The number of nitrogen functional groups attached to an aromatic ring is 1. The Morgan fingerprint density at radius 2 is 1.79 bits per heavy atom. The molecule has 3 nitrogen and oxygen atoms in total. The number of benzene rings is 1. The Labute approximate surface area is 140 Å². The Hall–Kier alpha value is -1.99. The van der Waals surface area contributed by atoms with E-state index in [2.05, 4.69) is 0 Å². The number of anilines is 1. The fourth-order valence-corrected chi connectivity index (χ4v) is 2.80. The molecular formula is C13H6ClF6N3S. The zero-order valence-electron chi connectivity index (χ0n) is 11.3. The lowest BCUT2D eigenvalue weighted by atomic mass is 10.2. The van der Waals surface area contributed by atoms with Gasteiger partial charge in [0.05, 0.1) is 26.7 Å². The van der Waals surface area contributed by atoms with Gasteiger partial charge in [0, 0.05) is 6.20 Å². The third-order valence-electron chi connectivity index (χ3n) is 2.87. The number of hydrogen-bond donors (Lipinski definition) is 1. The summed E-state index contributed by atoms with van der Waals surface area (Å²) >= 11 is 5.21. The average molecular weight is 386 g/mol. The van der Waals surface area contributed by atoms with E-state index in [0.29, 0.717) is 12.1 Å². The zero-order chi connectivity index (χ0) is 18.3. The van der Waals surface area contributed by atoms with E-state index in [-0.39, 0.29) is 16.3 Å². The van der Waals surface area contributed by atoms with Crippen molar-refractivity contribution in [3.8, 4) is 11.8 Å². The van der Waals surface area contributed by atoms with Crippen molar-refractivity contribution in [1.29, 1.82) is 5.26 Å². The summed E-state index contributed by atoms with van der Waals surface area (Å²) in [4.78, 5) is -0.541. The highest BCUT2D eigenvalue weighted by Crippen LogP contribution is 2.43. The van der Waals surface area contributed by atoms with Gasteiger partial charge in [0.2, 0.25) is 0 Å². The van der Waals surface area contributed by atoms with Crippen molar-refractivity contribution in [2.24, 2.45) is 0 Å². The first-order valence-electron chi connectivity index (χ1n) is 5.98. The van der Waals surface area contributed by atoms with Crippen LogP contribution < -0.4 is 5.73 Å². The molecule has 24 heavy (non-hydrogen) atoms. The van der Waals surface area contributed by atoms with Crippen molar-refractivity contribution < 1.29 is 26.3 Å². The first-order chi connectivity index (χ1) is 10.9. The van der Waals surface area contributed by atoms with Gasteiger partial charge in [0.15, 0.2) is 0 Å². The maximum atomic E-state index is 12.6. The van der Waals surface area contributed by atoms with Crippen molar-refractivity contribution in [3.63, 3.8) is 0 Å². The van der Waals surface area contributed by atoms with E-state index >= 15 is 0 Å². The summed E-state index contributed by atoms with van der Waals surface area (Å²) in [6.07, 6.45) is -3.64. The van der Waals surface area contributed by atoms with Gasteiger partial charge in [-0.1, -0.05) is 11.6 Å². The quantitative estimate of drug-likeness (QED) is 0.570. The van der Waals surface area contributed by atoms with Crippen LogP contribution in [0.2, 0.25) is 5.02 Å². The second-order valence-corrected chi connectivity index (χ2v) is 5.93. The molecule has 0 amide bonds. The number of aromatic nitrogens is 1. The van der Waals surface area contributed by atoms with Crippen molar-refractivity contribution in [2.75, 3.05) is 5.73 Å². The van der Waals surface area contributed by atoms with Crippen LogP contribution in [0.3, 0.4) is 0 Å². The maximum absolute atomic E-state index is 12.6. The SMILES string of the molecule is N#Cc1cn(-c2ccc(C(F)(F)F)cc2Cl)c(N)c1SC(F)(F)F. The van der Waals surface area contributed by atoms with Crippen LogP contribution in [0.15, 0.2) is 29.3 Å². The molecule has 0 atom stereocenters. The molecule has 0 spiro atoms. The Kier molecular flexibility index (Phi) is 4.70. The van der Waals surface area contributed by atoms with Gasteiger partial charge in [0.1, 0.15) is 11.9 Å². The second-order valence-electron chi connectivity index (χ2n) is 4.45. The Morgan fingerprint density at radius 3 is 2.25 bits per heavy atom. The Balaban J connectivity index is 2.57. The number of nitriles is 1. The number of thioether (sulfide) groups is 1. The number of nitrogens with two attached hydrogens (primary N) is 1. The topological polar surface area (TPSA) is 54.7 Å². The van der Waals surface area contributed by atoms with Crippen molar-refractivity contribution in [3.05, 3.63) is 40.5 Å². The maximum Gasteiger partial charge on any atom is 0.446 e. The summed E-state index contributed by atoms with van der Waals surface area (Å²) in [7, 11) is 0. The summed E-state index contributed by atoms with van der Waals surface area (Å²) in [5.41, 5.74) is -0.530. The number of hydrogen-bond acceptors (Lipinski definition) is 3. The molecule has 2 rings (SSSR count). The molecule has 1 aromatic heterocycles. The lowest BCUT2D eigenvalue weighted by Gasteiger charge is -2.12. The van der Waals surface area contributed by atoms with Crippen LogP contribution >= 0.6 is 23.4 Å². The molecular weight excluding hydrogens is 380 g/mol. The molecule has 11 heteroatoms. The smallest absolute Gasteiger partial charge is 0.384 e. The monoisotopic (exact) mass is 385 g/mol. The van der Waals surface area contributed by atoms with E-state index in [0.717, 1.165) is 16.8 Å². The van der Waals surface area contributed by atoms with Crippen LogP contribution in [0, 0.1) is 11.3 Å². The summed E-state index contributed by atoms with van der Waals surface area (Å²) in [5.74, 6) is -0.449. The van der Waals surface area contributed by atoms with Crippen LogP contribution in [0.25, 0.3) is 5.69 Å². The Morgan fingerprint density at radius 1 is 1.17 bits per heavy atom. The summed E-state index contributed by atoms with van der Waals surface area (Å²) in [6.45, 7) is 0. The highest BCUT2D eigenvalue weighted by molar-refractivity contribution is 8.00. The fraction of sp³-hybridized carbons (Fsp3) is 0.154. The normalized spacial score (nSPS) is 12.2. The molecule has 0 aliphatic rings. The number of alkyl halides is 6. The van der Waals surface area contributed by atoms with Gasteiger partial charge in [0.25, 0.3) is 0 Å². The summed E-state index contributed by atoms with van der Waals surface area (Å²) in [5, 5.41) is 8.56. The summed E-state index contributed by atoms with van der Waals surface area (Å²) < 4.78 is 76.5. The Bertz CT molecular complexity index is 819. The van der Waals surface area contributed by atoms with Gasteiger partial charge in [-0.2, -0.15) is 31.6 Å². The molecule has 0 unspecified atom stereocenters. The molecule has 0 radical (unpaired) electrons. The first kappa shape index (κ1) is 18.4. The van der Waals surface area contributed by atoms with Crippen molar-refractivity contribution in [2.45, 2.75) is 16.6 Å². The predicted molar refractivity (Wildman–Crippen MR) is 76.8 cm³/mol. The number of nitrogens with zero attached hydrogens (tertiary/aromatic N) is 2. The molecule has 1 heterocycles. The molecule has 1 aromatic carbocycles. The average Bonchev–Trinajstić information content (AvgIpc) is 2.73. The highest BCUT2D eigenvalue weighted by Gasteiger charge is 2.34. The van der Waals surface area contributed by atoms with Crippen molar-refractivity contribution >= 4 is 29.2 Å². The molecule has 0 aliphatic carbocycles. The van der Waals surface area contributed by atoms with Crippen LogP contribution in [0.5, 0.6) is 0 Å². The predicted octanol–water partition coefficient (Wildman–Crippen LogP) is 5.22. The van der Waals surface area contributed by atoms with E-state index in [4.69, 9.17) is 22.6 Å². The van der Waals surface area contributed by atoms with Gasteiger partial charge in [-0.05, 0) is 30.0 Å². The van der Waals surface area contributed by atoms with Gasteiger partial charge >= 0.3 is 11.7 Å². The minimum Gasteiger partial charge on any atom is -0.384 e. The molecule has 0 fully saturated rings. The van der Waals surface area contributed by atoms with Crippen LogP contribution in [-0.4, -0.2) is 10.1 Å². The molecule has 2 aromatic rings. The van der Waals surface area contributed by atoms with Crippen LogP contribution in [-0.2, 0) is 6.18 Å². The van der Waals surface area contributed by atoms with Crippen molar-refractivity contribution in [1.82, 2.24) is 4.57 Å². The number of rotatable bonds is 2. The fourth-order valence-electron chi connectivity index (χ4n) is 1.89. The van der Waals surface area contributed by atoms with Gasteiger partial charge in [-0.25, -0.2) is 0 Å². The lowest BCUT2D eigenvalue weighted by Crippen LogP contribution is -2.07. The van der Waals surface area contributed by atoms with E-state index in [1.807, 2.05) is 0 Å². The molecule has 0 bridgehead atoms. The molecule has 0 saturated heterocycles. The third kappa shape index (κ3) is 3.73. The first-order valence-corrected chi connectivity index (χ1v) is 7.17. The van der Waals surface area contributed by atoms with Gasteiger partial charge in [-0.15, -0.1) is 0 Å². The molecule has 0 saturated carbocycles. The van der Waals surface area contributed by atoms with E-state index in [1.54, 1.807) is 6.07 Å². The standard InChI is InChI=1S/C13H6ClF6N3S/c14-8-3-7(12(15,16)17)1-2-9(8)23-5-6(4-21)10(11(23)22)24-13(18,19)20/h1-3,5H,22H2. The van der Waals surface area contributed by atoms with E-state index in [1.165, 1.54) is 0 Å². The largest absolute Gasteiger partial charge is 0.446 e. The second kappa shape index (κ2) is 6.14. The van der Waals surface area contributed by atoms with E-state index < -0.39 is 39.7 Å². The zero-order valence-corrected chi connectivity index (χ0v) is 12.9. The minimum absolute atomic E-state index is 0.0762. The number of halogens is 7. The summed E-state index contributed by atoms with van der Waals surface area (Å²) in [6, 6.07) is 3.86.